The SMILES string of the molecule is CNc1nc(-c2ncc[nH]2)nc2sc(-c3ccn(C(C)C)n3)c(C)c12.O=C1CCCN1. The Kier molecular flexibility index (Phi) is 5.99. The van der Waals surface area contributed by atoms with Crippen LogP contribution in [0.25, 0.3) is 32.4 Å². The van der Waals surface area contributed by atoms with Crippen molar-refractivity contribution >= 4 is 33.3 Å². The van der Waals surface area contributed by atoms with E-state index in [1.54, 1.807) is 23.7 Å². The molecule has 1 aliphatic rings. The lowest BCUT2D eigenvalue weighted by Crippen LogP contribution is -2.12. The van der Waals surface area contributed by atoms with Crippen LogP contribution in [-0.2, 0) is 4.79 Å². The van der Waals surface area contributed by atoms with Gasteiger partial charge in [0.2, 0.25) is 5.91 Å². The number of amides is 1. The summed E-state index contributed by atoms with van der Waals surface area (Å²) in [4.78, 5) is 28.8. The molecule has 1 saturated heterocycles. The van der Waals surface area contributed by atoms with Crippen molar-refractivity contribution in [2.45, 2.75) is 39.7 Å². The van der Waals surface area contributed by atoms with Crippen molar-refractivity contribution in [2.24, 2.45) is 0 Å². The van der Waals surface area contributed by atoms with E-state index in [0.29, 0.717) is 17.7 Å². The van der Waals surface area contributed by atoms with Crippen molar-refractivity contribution in [2.75, 3.05) is 18.9 Å². The fourth-order valence-electron chi connectivity index (χ4n) is 3.37. The molecule has 1 amide bonds. The summed E-state index contributed by atoms with van der Waals surface area (Å²) in [5.41, 5.74) is 2.11. The molecule has 0 aliphatic carbocycles. The Morgan fingerprint density at radius 2 is 2.13 bits per heavy atom. The number of hydrogen-bond acceptors (Lipinski definition) is 7. The molecule has 9 nitrogen and oxygen atoms in total. The molecule has 0 bridgehead atoms. The number of anilines is 1. The summed E-state index contributed by atoms with van der Waals surface area (Å²) in [6.07, 6.45) is 7.25. The zero-order valence-corrected chi connectivity index (χ0v) is 18.9. The first kappa shape index (κ1) is 21.0. The molecule has 0 aromatic carbocycles. The second-order valence-corrected chi connectivity index (χ2v) is 8.55. The van der Waals surface area contributed by atoms with Crippen molar-refractivity contribution < 1.29 is 4.79 Å². The summed E-state index contributed by atoms with van der Waals surface area (Å²) in [5.74, 6) is 2.26. The van der Waals surface area contributed by atoms with E-state index in [-0.39, 0.29) is 5.91 Å². The zero-order valence-electron chi connectivity index (χ0n) is 18.1. The molecule has 1 fully saturated rings. The van der Waals surface area contributed by atoms with Crippen molar-refractivity contribution in [3.8, 4) is 22.2 Å². The van der Waals surface area contributed by atoms with E-state index in [1.165, 1.54) is 0 Å². The van der Waals surface area contributed by atoms with Crippen LogP contribution in [-0.4, -0.2) is 49.2 Å². The van der Waals surface area contributed by atoms with Gasteiger partial charge in [0.15, 0.2) is 11.6 Å². The molecule has 31 heavy (non-hydrogen) atoms. The number of fused-ring (bicyclic) bond motifs is 1. The minimum absolute atomic E-state index is 0.204. The average molecular weight is 439 g/mol. The van der Waals surface area contributed by atoms with Gasteiger partial charge in [0.1, 0.15) is 16.3 Å². The summed E-state index contributed by atoms with van der Waals surface area (Å²) >= 11 is 1.63. The topological polar surface area (TPSA) is 113 Å². The highest BCUT2D eigenvalue weighted by atomic mass is 32.1. The smallest absolute Gasteiger partial charge is 0.220 e. The van der Waals surface area contributed by atoms with E-state index in [1.807, 2.05) is 17.9 Å². The van der Waals surface area contributed by atoms with Gasteiger partial charge in [-0.1, -0.05) is 0 Å². The molecule has 10 heteroatoms. The Labute approximate surface area is 184 Å². The van der Waals surface area contributed by atoms with E-state index in [2.05, 4.69) is 52.4 Å². The molecule has 0 atom stereocenters. The number of carbonyl (C=O) groups is 1. The highest BCUT2D eigenvalue weighted by molar-refractivity contribution is 7.22. The summed E-state index contributed by atoms with van der Waals surface area (Å²) in [6.45, 7) is 7.22. The highest BCUT2D eigenvalue weighted by Crippen LogP contribution is 2.40. The van der Waals surface area contributed by atoms with Crippen LogP contribution in [0.1, 0.15) is 38.3 Å². The van der Waals surface area contributed by atoms with Crippen LogP contribution < -0.4 is 10.6 Å². The van der Waals surface area contributed by atoms with Crippen molar-refractivity contribution in [3.05, 3.63) is 30.2 Å². The van der Waals surface area contributed by atoms with Gasteiger partial charge in [-0.15, -0.1) is 11.3 Å². The minimum Gasteiger partial charge on any atom is -0.372 e. The predicted octanol–water partition coefficient (Wildman–Crippen LogP) is 3.77. The first-order chi connectivity index (χ1) is 15.0. The van der Waals surface area contributed by atoms with Crippen molar-refractivity contribution in [1.29, 1.82) is 0 Å². The van der Waals surface area contributed by atoms with E-state index in [4.69, 9.17) is 10.1 Å². The fourth-order valence-corrected chi connectivity index (χ4v) is 4.52. The Hall–Kier alpha value is -3.27. The third kappa shape index (κ3) is 4.29. The van der Waals surface area contributed by atoms with Crippen LogP contribution in [0.15, 0.2) is 24.7 Å². The minimum atomic E-state index is 0.204. The van der Waals surface area contributed by atoms with E-state index < -0.39 is 0 Å². The number of thiophene rings is 1. The van der Waals surface area contributed by atoms with Gasteiger partial charge in [0.05, 0.1) is 10.3 Å². The molecule has 4 aromatic heterocycles. The molecule has 0 unspecified atom stereocenters. The van der Waals surface area contributed by atoms with Crippen LogP contribution in [0.3, 0.4) is 0 Å². The van der Waals surface area contributed by atoms with Crippen molar-refractivity contribution in [1.82, 2.24) is 35.0 Å². The largest absolute Gasteiger partial charge is 0.372 e. The first-order valence-corrected chi connectivity index (χ1v) is 11.1. The maximum absolute atomic E-state index is 10.1. The molecule has 0 radical (unpaired) electrons. The van der Waals surface area contributed by atoms with Gasteiger partial charge in [-0.05, 0) is 38.8 Å². The van der Waals surface area contributed by atoms with Gasteiger partial charge in [-0.2, -0.15) is 5.10 Å². The van der Waals surface area contributed by atoms with E-state index in [0.717, 1.165) is 51.6 Å². The molecule has 5 heterocycles. The summed E-state index contributed by atoms with van der Waals surface area (Å²) in [5, 5.41) is 11.6. The third-order valence-electron chi connectivity index (χ3n) is 5.01. The van der Waals surface area contributed by atoms with Gasteiger partial charge in [0.25, 0.3) is 0 Å². The number of aromatic nitrogens is 6. The fraction of sp³-hybridized carbons (Fsp3) is 0.381. The standard InChI is InChI=1S/C17H19N7S.C4H7NO/c1-9(2)24-8-5-11(23-24)13-10(3)12-14(18-4)21-16(22-17(12)25-13)15-19-6-7-20-15;6-4-2-1-3-5-4/h5-9H,1-4H3,(H,19,20)(H,18,21,22);1-3H2,(H,5,6). The molecule has 1 aliphatic heterocycles. The molecule has 3 N–H and O–H groups in total. The van der Waals surface area contributed by atoms with Crippen molar-refractivity contribution in [3.63, 3.8) is 0 Å². The Balaban J connectivity index is 0.000000334. The number of hydrogen-bond donors (Lipinski definition) is 3. The van der Waals surface area contributed by atoms with Gasteiger partial charge in [-0.25, -0.2) is 15.0 Å². The normalized spacial score (nSPS) is 13.4. The van der Waals surface area contributed by atoms with Crippen LogP contribution in [0.4, 0.5) is 5.82 Å². The number of rotatable bonds is 4. The second kappa shape index (κ2) is 8.84. The molecular weight excluding hydrogens is 412 g/mol. The maximum atomic E-state index is 10.1. The Bertz CT molecular complexity index is 1180. The molecule has 0 saturated carbocycles. The number of aromatic amines is 1. The zero-order chi connectivity index (χ0) is 22.0. The lowest BCUT2D eigenvalue weighted by molar-refractivity contribution is -0.119. The summed E-state index contributed by atoms with van der Waals surface area (Å²) < 4.78 is 1.97. The van der Waals surface area contributed by atoms with Gasteiger partial charge < -0.3 is 15.6 Å². The molecule has 5 rings (SSSR count). The highest BCUT2D eigenvalue weighted by Gasteiger charge is 2.19. The van der Waals surface area contributed by atoms with Crippen LogP contribution in [0.5, 0.6) is 0 Å². The number of H-pyrrole nitrogens is 1. The molecular formula is C21H26N8OS. The van der Waals surface area contributed by atoms with E-state index in [9.17, 15) is 4.79 Å². The monoisotopic (exact) mass is 438 g/mol. The summed E-state index contributed by atoms with van der Waals surface area (Å²) in [6, 6.07) is 2.39. The van der Waals surface area contributed by atoms with Crippen LogP contribution in [0, 0.1) is 6.92 Å². The molecule has 162 valence electrons. The first-order valence-electron chi connectivity index (χ1n) is 10.3. The average Bonchev–Trinajstić information content (AvgIpc) is 3.55. The maximum Gasteiger partial charge on any atom is 0.220 e. The lowest BCUT2D eigenvalue weighted by Gasteiger charge is -2.05. The van der Waals surface area contributed by atoms with E-state index >= 15 is 0 Å². The predicted molar refractivity (Wildman–Crippen MR) is 123 cm³/mol. The summed E-state index contributed by atoms with van der Waals surface area (Å²) in [7, 11) is 1.87. The Morgan fingerprint density at radius 3 is 2.68 bits per heavy atom. The van der Waals surface area contributed by atoms with Crippen LogP contribution >= 0.6 is 11.3 Å². The van der Waals surface area contributed by atoms with Crippen LogP contribution in [0.2, 0.25) is 0 Å². The van der Waals surface area contributed by atoms with Gasteiger partial charge >= 0.3 is 0 Å². The number of imidazole rings is 1. The quantitative estimate of drug-likeness (QED) is 0.447. The number of nitrogens with zero attached hydrogens (tertiary/aromatic N) is 5. The molecule has 4 aromatic rings. The van der Waals surface area contributed by atoms with Gasteiger partial charge in [0, 0.05) is 44.6 Å². The Morgan fingerprint density at radius 1 is 1.29 bits per heavy atom. The second-order valence-electron chi connectivity index (χ2n) is 7.55. The number of nitrogens with one attached hydrogen (secondary N) is 3. The number of carbonyl (C=O) groups excluding carboxylic acids is 1. The lowest BCUT2D eigenvalue weighted by atomic mass is 10.1. The molecule has 0 spiro atoms. The third-order valence-corrected chi connectivity index (χ3v) is 6.22. The number of aryl methyl sites for hydroxylation is 1. The van der Waals surface area contributed by atoms with Gasteiger partial charge in [-0.3, -0.25) is 9.48 Å².